The maximum absolute atomic E-state index is 11.1. The molecule has 0 bridgehead atoms. The number of aromatic nitrogens is 2. The third-order valence-electron chi connectivity index (χ3n) is 3.01. The number of aromatic carboxylic acids is 1. The molecular formula is C13H12N2O5. The van der Waals surface area contributed by atoms with Gasteiger partial charge < -0.3 is 19.3 Å². The van der Waals surface area contributed by atoms with Gasteiger partial charge in [0.25, 0.3) is 0 Å². The van der Waals surface area contributed by atoms with Gasteiger partial charge in [-0.15, -0.1) is 0 Å². The predicted molar refractivity (Wildman–Crippen MR) is 67.1 cm³/mol. The molecule has 0 spiro atoms. The molecule has 0 fully saturated rings. The lowest BCUT2D eigenvalue weighted by molar-refractivity contribution is 0.0693. The second-order valence-corrected chi connectivity index (χ2v) is 4.24. The van der Waals surface area contributed by atoms with E-state index >= 15 is 0 Å². The summed E-state index contributed by atoms with van der Waals surface area (Å²) in [6.45, 7) is 0.307. The summed E-state index contributed by atoms with van der Waals surface area (Å²) in [5, 5.41) is 13.0. The molecule has 0 saturated heterocycles. The maximum atomic E-state index is 11.1. The number of benzene rings is 1. The second kappa shape index (κ2) is 4.76. The van der Waals surface area contributed by atoms with Crippen molar-refractivity contribution in [2.24, 2.45) is 7.05 Å². The molecule has 104 valence electrons. The molecule has 2 heterocycles. The van der Waals surface area contributed by atoms with E-state index in [-0.39, 0.29) is 19.0 Å². The lowest BCUT2D eigenvalue weighted by Gasteiger charge is -2.08. The van der Waals surface area contributed by atoms with Crippen molar-refractivity contribution < 1.29 is 24.1 Å². The SMILES string of the molecule is Cn1ncc(C(=O)O)c1COc1ccc2c(c1)OCO2. The summed E-state index contributed by atoms with van der Waals surface area (Å²) < 4.78 is 17.5. The highest BCUT2D eigenvalue weighted by Crippen LogP contribution is 2.35. The molecule has 0 unspecified atom stereocenters. The topological polar surface area (TPSA) is 82.8 Å². The summed E-state index contributed by atoms with van der Waals surface area (Å²) in [6.07, 6.45) is 1.31. The minimum atomic E-state index is -1.03. The Labute approximate surface area is 114 Å². The number of fused-ring (bicyclic) bond motifs is 1. The number of ether oxygens (including phenoxy) is 3. The summed E-state index contributed by atoms with van der Waals surface area (Å²) in [5.74, 6) is 0.837. The van der Waals surface area contributed by atoms with Crippen LogP contribution in [0.3, 0.4) is 0 Å². The molecule has 7 heteroatoms. The predicted octanol–water partition coefficient (Wildman–Crippen LogP) is 1.43. The van der Waals surface area contributed by atoms with Gasteiger partial charge in [0.15, 0.2) is 11.5 Å². The van der Waals surface area contributed by atoms with Gasteiger partial charge in [-0.05, 0) is 12.1 Å². The van der Waals surface area contributed by atoms with Crippen LogP contribution in [0.15, 0.2) is 24.4 Å². The van der Waals surface area contributed by atoms with Gasteiger partial charge >= 0.3 is 5.97 Å². The van der Waals surface area contributed by atoms with E-state index in [0.717, 1.165) is 0 Å². The van der Waals surface area contributed by atoms with Gasteiger partial charge in [0.2, 0.25) is 6.79 Å². The van der Waals surface area contributed by atoms with Crippen LogP contribution in [0.2, 0.25) is 0 Å². The molecular weight excluding hydrogens is 264 g/mol. The number of aryl methyl sites for hydroxylation is 1. The second-order valence-electron chi connectivity index (χ2n) is 4.24. The van der Waals surface area contributed by atoms with Crippen LogP contribution in [0.5, 0.6) is 17.2 Å². The summed E-state index contributed by atoms with van der Waals surface area (Å²) in [5.41, 5.74) is 0.628. The van der Waals surface area contributed by atoms with Gasteiger partial charge in [0, 0.05) is 13.1 Å². The zero-order chi connectivity index (χ0) is 14.1. The van der Waals surface area contributed by atoms with E-state index in [1.165, 1.54) is 10.9 Å². The van der Waals surface area contributed by atoms with E-state index < -0.39 is 5.97 Å². The van der Waals surface area contributed by atoms with Crippen molar-refractivity contribution in [3.05, 3.63) is 35.7 Å². The molecule has 0 aliphatic carbocycles. The van der Waals surface area contributed by atoms with E-state index in [1.54, 1.807) is 25.2 Å². The molecule has 1 aromatic heterocycles. The number of nitrogens with zero attached hydrogens (tertiary/aromatic N) is 2. The van der Waals surface area contributed by atoms with Crippen LogP contribution in [-0.4, -0.2) is 27.6 Å². The summed E-state index contributed by atoms with van der Waals surface area (Å²) in [6, 6.07) is 5.20. The van der Waals surface area contributed by atoms with E-state index in [4.69, 9.17) is 19.3 Å². The number of carboxylic acids is 1. The van der Waals surface area contributed by atoms with Gasteiger partial charge in [-0.1, -0.05) is 0 Å². The van der Waals surface area contributed by atoms with Gasteiger partial charge in [-0.2, -0.15) is 5.10 Å². The summed E-state index contributed by atoms with van der Waals surface area (Å²) >= 11 is 0. The first kappa shape index (κ1) is 12.3. The Hall–Kier alpha value is -2.70. The molecule has 2 aromatic rings. The number of carbonyl (C=O) groups is 1. The maximum Gasteiger partial charge on any atom is 0.339 e. The number of rotatable bonds is 4. The fourth-order valence-corrected chi connectivity index (χ4v) is 1.93. The van der Waals surface area contributed by atoms with Crippen LogP contribution < -0.4 is 14.2 Å². The van der Waals surface area contributed by atoms with Gasteiger partial charge in [-0.3, -0.25) is 4.68 Å². The molecule has 7 nitrogen and oxygen atoms in total. The summed E-state index contributed by atoms with van der Waals surface area (Å²) in [4.78, 5) is 11.1. The lowest BCUT2D eigenvalue weighted by Crippen LogP contribution is -2.08. The first-order chi connectivity index (χ1) is 9.65. The van der Waals surface area contributed by atoms with Crippen LogP contribution in [0.25, 0.3) is 0 Å². The van der Waals surface area contributed by atoms with Crippen molar-refractivity contribution in [1.82, 2.24) is 9.78 Å². The number of carboxylic acid groups (broad SMARTS) is 1. The van der Waals surface area contributed by atoms with Crippen molar-refractivity contribution in [3.8, 4) is 17.2 Å². The van der Waals surface area contributed by atoms with E-state index in [0.29, 0.717) is 22.9 Å². The standard InChI is InChI=1S/C13H12N2O5/c1-15-10(9(5-14-15)13(16)17)6-18-8-2-3-11-12(4-8)20-7-19-11/h2-5H,6-7H2,1H3,(H,16,17). The average molecular weight is 276 g/mol. The fourth-order valence-electron chi connectivity index (χ4n) is 1.93. The Balaban J connectivity index is 1.77. The van der Waals surface area contributed by atoms with E-state index in [9.17, 15) is 4.79 Å². The molecule has 1 aliphatic rings. The molecule has 20 heavy (non-hydrogen) atoms. The third kappa shape index (κ3) is 2.13. The van der Waals surface area contributed by atoms with Gasteiger partial charge in [0.1, 0.15) is 17.9 Å². The average Bonchev–Trinajstić information content (AvgIpc) is 3.02. The lowest BCUT2D eigenvalue weighted by atomic mass is 10.2. The molecule has 0 atom stereocenters. The fraction of sp³-hybridized carbons (Fsp3) is 0.231. The highest BCUT2D eigenvalue weighted by atomic mass is 16.7. The first-order valence-corrected chi connectivity index (χ1v) is 5.92. The van der Waals surface area contributed by atoms with Crippen molar-refractivity contribution in [1.29, 1.82) is 0 Å². The first-order valence-electron chi connectivity index (χ1n) is 5.92. The molecule has 1 aliphatic heterocycles. The molecule has 1 N–H and O–H groups in total. The quantitative estimate of drug-likeness (QED) is 0.909. The Bertz CT molecular complexity index is 665. The minimum Gasteiger partial charge on any atom is -0.487 e. The van der Waals surface area contributed by atoms with Gasteiger partial charge in [-0.25, -0.2) is 4.79 Å². The number of hydrogen-bond donors (Lipinski definition) is 1. The van der Waals surface area contributed by atoms with Crippen LogP contribution in [0.4, 0.5) is 0 Å². The number of hydrogen-bond acceptors (Lipinski definition) is 5. The van der Waals surface area contributed by atoms with E-state index in [1.807, 2.05) is 0 Å². The van der Waals surface area contributed by atoms with Crippen LogP contribution in [0.1, 0.15) is 16.1 Å². The Morgan fingerprint density at radius 3 is 3.05 bits per heavy atom. The summed E-state index contributed by atoms with van der Waals surface area (Å²) in [7, 11) is 1.67. The van der Waals surface area contributed by atoms with Crippen molar-refractivity contribution in [2.45, 2.75) is 6.61 Å². The Morgan fingerprint density at radius 1 is 1.45 bits per heavy atom. The van der Waals surface area contributed by atoms with Crippen molar-refractivity contribution in [3.63, 3.8) is 0 Å². The minimum absolute atomic E-state index is 0.109. The highest BCUT2D eigenvalue weighted by molar-refractivity contribution is 5.88. The monoisotopic (exact) mass is 276 g/mol. The molecule has 0 saturated carbocycles. The van der Waals surface area contributed by atoms with Crippen molar-refractivity contribution in [2.75, 3.05) is 6.79 Å². The molecule has 3 rings (SSSR count). The Morgan fingerprint density at radius 2 is 2.25 bits per heavy atom. The Kier molecular flexibility index (Phi) is 2.94. The normalized spacial score (nSPS) is 12.4. The third-order valence-corrected chi connectivity index (χ3v) is 3.01. The molecule has 1 aromatic carbocycles. The van der Waals surface area contributed by atoms with Crippen molar-refractivity contribution >= 4 is 5.97 Å². The highest BCUT2D eigenvalue weighted by Gasteiger charge is 2.17. The molecule has 0 amide bonds. The zero-order valence-corrected chi connectivity index (χ0v) is 10.7. The van der Waals surface area contributed by atoms with E-state index in [2.05, 4.69) is 5.10 Å². The van der Waals surface area contributed by atoms with Gasteiger partial charge in [0.05, 0.1) is 11.9 Å². The molecule has 0 radical (unpaired) electrons. The van der Waals surface area contributed by atoms with Crippen LogP contribution in [-0.2, 0) is 13.7 Å². The smallest absolute Gasteiger partial charge is 0.339 e. The largest absolute Gasteiger partial charge is 0.487 e. The van der Waals surface area contributed by atoms with Crippen LogP contribution >= 0.6 is 0 Å². The zero-order valence-electron chi connectivity index (χ0n) is 10.7. The van der Waals surface area contributed by atoms with Crippen LogP contribution in [0, 0.1) is 0 Å².